The van der Waals surface area contributed by atoms with E-state index in [1.165, 1.54) is 6.33 Å². The molecule has 0 fully saturated rings. The summed E-state index contributed by atoms with van der Waals surface area (Å²) >= 11 is 0. The van der Waals surface area contributed by atoms with Crippen LogP contribution in [0.4, 0.5) is 5.95 Å². The lowest BCUT2D eigenvalue weighted by atomic mass is 9.92. The quantitative estimate of drug-likeness (QED) is 0.722. The number of nitrogens with two attached hydrogens (primary N) is 1. The molecule has 102 valence electrons. The Balaban J connectivity index is 2.14. The van der Waals surface area contributed by atoms with Crippen LogP contribution < -0.4 is 16.6 Å². The molecule has 0 unspecified atom stereocenters. The molecule has 0 bridgehead atoms. The summed E-state index contributed by atoms with van der Waals surface area (Å²) < 4.78 is 0. The summed E-state index contributed by atoms with van der Waals surface area (Å²) in [5.41, 5.74) is 6.00. The van der Waals surface area contributed by atoms with E-state index in [1.807, 2.05) is 31.4 Å². The van der Waals surface area contributed by atoms with Gasteiger partial charge in [-0.2, -0.15) is 4.98 Å². The van der Waals surface area contributed by atoms with Gasteiger partial charge in [0.15, 0.2) is 5.65 Å². The van der Waals surface area contributed by atoms with E-state index in [4.69, 9.17) is 5.73 Å². The van der Waals surface area contributed by atoms with Crippen LogP contribution in [0.1, 0.15) is 12.6 Å². The van der Waals surface area contributed by atoms with Crippen LogP contribution in [0.15, 0.2) is 35.5 Å². The molecule has 2 aromatic heterocycles. The van der Waals surface area contributed by atoms with Gasteiger partial charge in [-0.15, -0.1) is 0 Å². The number of dihydropyridines is 1. The largest absolute Gasteiger partial charge is 0.382 e. The maximum absolute atomic E-state index is 12.0. The van der Waals surface area contributed by atoms with Crippen LogP contribution in [0.25, 0.3) is 11.0 Å². The number of H-pyrrole nitrogens is 1. The fraction of sp³-hybridized carbons (Fsp3) is 0.231. The van der Waals surface area contributed by atoms with Crippen molar-refractivity contribution in [1.29, 1.82) is 0 Å². The highest BCUT2D eigenvalue weighted by atomic mass is 16.1. The van der Waals surface area contributed by atoms with Gasteiger partial charge in [-0.3, -0.25) is 4.79 Å². The fourth-order valence-corrected chi connectivity index (χ4v) is 2.26. The maximum atomic E-state index is 12.0. The van der Waals surface area contributed by atoms with Crippen molar-refractivity contribution in [3.63, 3.8) is 0 Å². The van der Waals surface area contributed by atoms with E-state index in [-0.39, 0.29) is 17.0 Å². The van der Waals surface area contributed by atoms with Gasteiger partial charge in [0.25, 0.3) is 5.56 Å². The predicted octanol–water partition coefficient (Wildman–Crippen LogP) is 0.270. The first kappa shape index (κ1) is 12.3. The van der Waals surface area contributed by atoms with Gasteiger partial charge in [0.05, 0.1) is 17.6 Å². The van der Waals surface area contributed by atoms with Gasteiger partial charge in [0.1, 0.15) is 5.39 Å². The molecule has 2 aromatic rings. The smallest absolute Gasteiger partial charge is 0.262 e. The summed E-state index contributed by atoms with van der Waals surface area (Å²) in [7, 11) is 0. The molecule has 3 heterocycles. The zero-order valence-corrected chi connectivity index (χ0v) is 10.9. The molecule has 4 N–H and O–H groups in total. The number of anilines is 1. The third-order valence-electron chi connectivity index (χ3n) is 3.21. The molecule has 1 aliphatic heterocycles. The number of nitrogens with zero attached hydrogens (tertiary/aromatic N) is 3. The second kappa shape index (κ2) is 4.44. The molecule has 1 aliphatic rings. The first-order valence-electron chi connectivity index (χ1n) is 6.19. The van der Waals surface area contributed by atoms with Crippen molar-refractivity contribution in [2.45, 2.75) is 18.9 Å². The summed E-state index contributed by atoms with van der Waals surface area (Å²) in [5.74, 6) is 0.115. The molecular formula is C13H14N6O. The van der Waals surface area contributed by atoms with Crippen LogP contribution in [-0.4, -0.2) is 25.5 Å². The molecule has 7 heteroatoms. The highest BCUT2D eigenvalue weighted by Gasteiger charge is 2.24. The summed E-state index contributed by atoms with van der Waals surface area (Å²) in [5, 5.41) is 3.63. The number of allylic oxidation sites excluding steroid dienone is 2. The molecular weight excluding hydrogens is 256 g/mol. The van der Waals surface area contributed by atoms with E-state index in [9.17, 15) is 4.79 Å². The third kappa shape index (κ3) is 2.13. The normalized spacial score (nSPS) is 21.1. The van der Waals surface area contributed by atoms with Crippen LogP contribution in [0.5, 0.6) is 0 Å². The van der Waals surface area contributed by atoms with Crippen molar-refractivity contribution < 1.29 is 0 Å². The number of nitrogens with one attached hydrogen (secondary N) is 2. The zero-order valence-electron chi connectivity index (χ0n) is 10.9. The Bertz CT molecular complexity index is 778. The van der Waals surface area contributed by atoms with Crippen molar-refractivity contribution >= 4 is 17.0 Å². The number of aromatic amines is 1. The van der Waals surface area contributed by atoms with E-state index >= 15 is 0 Å². The van der Waals surface area contributed by atoms with Crippen LogP contribution >= 0.6 is 0 Å². The molecule has 1 atom stereocenters. The average Bonchev–Trinajstić information content (AvgIpc) is 2.38. The van der Waals surface area contributed by atoms with Gasteiger partial charge in [0, 0.05) is 6.42 Å². The average molecular weight is 270 g/mol. The number of aromatic nitrogens is 4. The lowest BCUT2D eigenvalue weighted by Gasteiger charge is -2.28. The number of fused-ring (bicyclic) bond motifs is 1. The minimum atomic E-state index is -0.329. The molecule has 0 spiro atoms. The summed E-state index contributed by atoms with van der Waals surface area (Å²) in [6.45, 7) is 2.02. The highest BCUT2D eigenvalue weighted by molar-refractivity contribution is 5.77. The number of nitrogen functional groups attached to an aromatic ring is 1. The minimum absolute atomic E-state index is 0.115. The third-order valence-corrected chi connectivity index (χ3v) is 3.21. The number of hydrogen-bond donors (Lipinski definition) is 3. The van der Waals surface area contributed by atoms with Gasteiger partial charge in [-0.1, -0.05) is 12.2 Å². The summed E-state index contributed by atoms with van der Waals surface area (Å²) in [6.07, 6.45) is 9.54. The molecule has 0 aliphatic carbocycles. The number of rotatable bonds is 2. The molecule has 20 heavy (non-hydrogen) atoms. The van der Waals surface area contributed by atoms with E-state index in [2.05, 4.69) is 25.3 Å². The first-order valence-corrected chi connectivity index (χ1v) is 6.19. The Hall–Kier alpha value is -2.70. The lowest BCUT2D eigenvalue weighted by Crippen LogP contribution is -2.40. The van der Waals surface area contributed by atoms with Gasteiger partial charge >= 0.3 is 0 Å². The first-order chi connectivity index (χ1) is 9.57. The molecule has 7 nitrogen and oxygen atoms in total. The molecule has 0 aromatic carbocycles. The van der Waals surface area contributed by atoms with Crippen LogP contribution in [0.3, 0.4) is 0 Å². The molecule has 0 saturated heterocycles. The van der Waals surface area contributed by atoms with Gasteiger partial charge < -0.3 is 16.0 Å². The molecule has 0 amide bonds. The van der Waals surface area contributed by atoms with Crippen molar-refractivity contribution in [3.8, 4) is 0 Å². The van der Waals surface area contributed by atoms with Crippen LogP contribution in [-0.2, 0) is 6.42 Å². The zero-order chi connectivity index (χ0) is 14.2. The maximum Gasteiger partial charge on any atom is 0.262 e. The highest BCUT2D eigenvalue weighted by Crippen LogP contribution is 2.20. The Morgan fingerprint density at radius 3 is 2.95 bits per heavy atom. The van der Waals surface area contributed by atoms with Crippen molar-refractivity contribution in [1.82, 2.24) is 25.3 Å². The second-order valence-electron chi connectivity index (χ2n) is 4.92. The van der Waals surface area contributed by atoms with Gasteiger partial charge in [-0.05, 0) is 19.2 Å². The van der Waals surface area contributed by atoms with E-state index in [0.29, 0.717) is 23.1 Å². The lowest BCUT2D eigenvalue weighted by molar-refractivity contribution is 0.489. The standard InChI is InChI=1S/C13H14N6O/c1-13(4-2-3-5-17-13)6-8-9-10(19-12(14)18-8)15-7-16-11(9)20/h2-5,7,17H,6H2,1H3,(H3,14,15,16,18,19,20)/t13-/m1/s1. The Labute approximate surface area is 114 Å². The fourth-order valence-electron chi connectivity index (χ4n) is 2.26. The van der Waals surface area contributed by atoms with E-state index < -0.39 is 0 Å². The molecule has 3 rings (SSSR count). The minimum Gasteiger partial charge on any atom is -0.382 e. The van der Waals surface area contributed by atoms with Crippen LogP contribution in [0, 0.1) is 0 Å². The number of hydrogen-bond acceptors (Lipinski definition) is 6. The topological polar surface area (TPSA) is 110 Å². The van der Waals surface area contributed by atoms with Crippen molar-refractivity contribution in [2.75, 3.05) is 5.73 Å². The van der Waals surface area contributed by atoms with Crippen molar-refractivity contribution in [2.24, 2.45) is 0 Å². The Morgan fingerprint density at radius 1 is 1.35 bits per heavy atom. The predicted molar refractivity (Wildman–Crippen MR) is 75.9 cm³/mol. The summed E-state index contributed by atoms with van der Waals surface area (Å²) in [4.78, 5) is 26.8. The monoisotopic (exact) mass is 270 g/mol. The van der Waals surface area contributed by atoms with Crippen molar-refractivity contribution in [3.05, 3.63) is 46.8 Å². The summed E-state index contributed by atoms with van der Waals surface area (Å²) in [6, 6.07) is 0. The molecule has 0 saturated carbocycles. The second-order valence-corrected chi connectivity index (χ2v) is 4.92. The Kier molecular flexibility index (Phi) is 2.74. The SMILES string of the molecule is C[C@]1(Cc2nc(N)nc3nc[nH]c(=O)c23)C=CC=CN1. The Morgan fingerprint density at radius 2 is 2.20 bits per heavy atom. The van der Waals surface area contributed by atoms with E-state index in [1.54, 1.807) is 0 Å². The van der Waals surface area contributed by atoms with Gasteiger partial charge in [-0.25, -0.2) is 9.97 Å². The van der Waals surface area contributed by atoms with Gasteiger partial charge in [0.2, 0.25) is 5.95 Å². The van der Waals surface area contributed by atoms with E-state index in [0.717, 1.165) is 0 Å². The molecule has 0 radical (unpaired) electrons. The van der Waals surface area contributed by atoms with Crippen LogP contribution in [0.2, 0.25) is 0 Å².